The monoisotopic (exact) mass is 327 g/mol. The number of carbonyl (C=O) groups is 1. The highest BCUT2D eigenvalue weighted by atomic mass is 19.4. The molecule has 1 saturated heterocycles. The van der Waals surface area contributed by atoms with Crippen LogP contribution in [0, 0.1) is 0 Å². The van der Waals surface area contributed by atoms with E-state index >= 15 is 0 Å². The van der Waals surface area contributed by atoms with Crippen molar-refractivity contribution in [1.29, 1.82) is 0 Å². The molecule has 0 aliphatic carbocycles. The number of alkyl halides is 6. The summed E-state index contributed by atoms with van der Waals surface area (Å²) in [6.07, 6.45) is -11.9. The molecule has 1 aromatic carbocycles. The molecule has 1 heterocycles. The van der Waals surface area contributed by atoms with Gasteiger partial charge in [-0.2, -0.15) is 26.3 Å². The topological polar surface area (TPSA) is 29.5 Å². The van der Waals surface area contributed by atoms with Crippen LogP contribution in [0.1, 0.15) is 29.7 Å². The number of ether oxygens (including phenoxy) is 1. The van der Waals surface area contributed by atoms with Crippen LogP contribution in [0.5, 0.6) is 0 Å². The molecule has 0 saturated carbocycles. The molecule has 2 atom stereocenters. The Morgan fingerprint density at radius 2 is 1.45 bits per heavy atom. The summed E-state index contributed by atoms with van der Waals surface area (Å²) >= 11 is 0. The summed E-state index contributed by atoms with van der Waals surface area (Å²) in [6, 6.07) is 0.498. The van der Waals surface area contributed by atoms with E-state index in [4.69, 9.17) is 4.74 Å². The van der Waals surface area contributed by atoms with Gasteiger partial charge in [0.05, 0.1) is 17.2 Å². The molecule has 9 heteroatoms. The lowest BCUT2D eigenvalue weighted by molar-refractivity contribution is -0.143. The lowest BCUT2D eigenvalue weighted by atomic mass is 9.97. The third-order valence-electron chi connectivity index (χ3n) is 3.50. The van der Waals surface area contributed by atoms with Gasteiger partial charge in [0.15, 0.2) is 0 Å². The van der Waals surface area contributed by atoms with E-state index in [0.29, 0.717) is 12.1 Å². The highest BCUT2D eigenvalue weighted by Gasteiger charge is 2.41. The van der Waals surface area contributed by atoms with Gasteiger partial charge in [0, 0.05) is 7.05 Å². The van der Waals surface area contributed by atoms with E-state index in [0.717, 1.165) is 4.90 Å². The molecule has 0 bridgehead atoms. The molecule has 3 nitrogen and oxygen atoms in total. The minimum Gasteiger partial charge on any atom is -0.439 e. The molecule has 0 radical (unpaired) electrons. The fourth-order valence-corrected chi connectivity index (χ4v) is 2.15. The van der Waals surface area contributed by atoms with E-state index in [9.17, 15) is 31.1 Å². The number of likely N-dealkylation sites (N-methyl/N-ethyl adjacent to an activating group) is 1. The van der Waals surface area contributed by atoms with Crippen molar-refractivity contribution in [2.24, 2.45) is 0 Å². The van der Waals surface area contributed by atoms with Crippen LogP contribution in [0.25, 0.3) is 0 Å². The summed E-state index contributed by atoms with van der Waals surface area (Å²) in [5.74, 6) is 0. The molecule has 1 aliphatic heterocycles. The molecule has 0 unspecified atom stereocenters. The normalized spacial score (nSPS) is 22.9. The van der Waals surface area contributed by atoms with Crippen LogP contribution in [-0.4, -0.2) is 24.1 Å². The third kappa shape index (κ3) is 2.97. The Morgan fingerprint density at radius 3 is 1.77 bits per heavy atom. The zero-order valence-electron chi connectivity index (χ0n) is 11.4. The van der Waals surface area contributed by atoms with Crippen LogP contribution in [0.2, 0.25) is 0 Å². The van der Waals surface area contributed by atoms with Crippen molar-refractivity contribution in [2.75, 3.05) is 7.05 Å². The van der Waals surface area contributed by atoms with Crippen LogP contribution >= 0.6 is 0 Å². The van der Waals surface area contributed by atoms with Crippen molar-refractivity contribution >= 4 is 6.09 Å². The van der Waals surface area contributed by atoms with Gasteiger partial charge in [-0.3, -0.25) is 0 Å². The number of cyclic esters (lactones) is 1. The second-order valence-electron chi connectivity index (χ2n) is 5.00. The number of rotatable bonds is 1. The van der Waals surface area contributed by atoms with Gasteiger partial charge in [-0.1, -0.05) is 0 Å². The van der Waals surface area contributed by atoms with E-state index < -0.39 is 41.7 Å². The van der Waals surface area contributed by atoms with Crippen LogP contribution < -0.4 is 0 Å². The highest BCUT2D eigenvalue weighted by molar-refractivity contribution is 5.70. The molecule has 1 amide bonds. The van der Waals surface area contributed by atoms with Crippen molar-refractivity contribution < 1.29 is 35.9 Å². The highest BCUT2D eigenvalue weighted by Crippen LogP contribution is 2.40. The summed E-state index contributed by atoms with van der Waals surface area (Å²) in [7, 11) is 1.35. The van der Waals surface area contributed by atoms with E-state index in [-0.39, 0.29) is 11.6 Å². The molecule has 22 heavy (non-hydrogen) atoms. The minimum absolute atomic E-state index is 0.0364. The van der Waals surface area contributed by atoms with Crippen molar-refractivity contribution in [1.82, 2.24) is 4.90 Å². The molecular weight excluding hydrogens is 316 g/mol. The fraction of sp³-hybridized carbons (Fsp3) is 0.462. The lowest BCUT2D eigenvalue weighted by Crippen LogP contribution is -2.27. The number of carbonyl (C=O) groups excluding carboxylic acids is 1. The van der Waals surface area contributed by atoms with Crippen LogP contribution in [0.3, 0.4) is 0 Å². The summed E-state index contributed by atoms with van der Waals surface area (Å²) < 4.78 is 81.6. The predicted molar refractivity (Wildman–Crippen MR) is 62.9 cm³/mol. The lowest BCUT2D eigenvalue weighted by Gasteiger charge is -2.20. The molecule has 1 aliphatic rings. The standard InChI is InChI=1S/C13H11F6NO2/c1-6-10(22-11(21)20(6)2)7-3-8(12(14,15)16)5-9(4-7)13(17,18)19/h3-6,10H,1-2H3/t6-,10+/m1/s1. The van der Waals surface area contributed by atoms with Gasteiger partial charge in [-0.25, -0.2) is 4.79 Å². The second kappa shape index (κ2) is 5.06. The SMILES string of the molecule is C[C@@H]1[C@@H](c2cc(C(F)(F)F)cc(C(F)(F)F)c2)OC(=O)N1C. The van der Waals surface area contributed by atoms with Crippen LogP contribution in [0.15, 0.2) is 18.2 Å². The molecule has 1 fully saturated rings. The molecule has 1 aromatic rings. The largest absolute Gasteiger partial charge is 0.439 e. The summed E-state index contributed by atoms with van der Waals surface area (Å²) in [5.41, 5.74) is -3.21. The van der Waals surface area contributed by atoms with Crippen molar-refractivity contribution in [3.05, 3.63) is 34.9 Å². The average Bonchev–Trinajstić information content (AvgIpc) is 2.64. The Bertz CT molecular complexity index is 563. The number of amides is 1. The van der Waals surface area contributed by atoms with E-state index in [1.807, 2.05) is 0 Å². The smallest absolute Gasteiger partial charge is 0.416 e. The molecule has 0 N–H and O–H groups in total. The van der Waals surface area contributed by atoms with Gasteiger partial charge >= 0.3 is 18.4 Å². The average molecular weight is 327 g/mol. The fourth-order valence-electron chi connectivity index (χ4n) is 2.15. The quantitative estimate of drug-likeness (QED) is 0.722. The van der Waals surface area contributed by atoms with Crippen molar-refractivity contribution in [2.45, 2.75) is 31.4 Å². The Hall–Kier alpha value is -1.93. The second-order valence-corrected chi connectivity index (χ2v) is 5.00. The van der Waals surface area contributed by atoms with Crippen LogP contribution in [0.4, 0.5) is 31.1 Å². The number of benzene rings is 1. The number of nitrogens with zero attached hydrogens (tertiary/aromatic N) is 1. The van der Waals surface area contributed by atoms with Gasteiger partial charge in [-0.05, 0) is 30.7 Å². The molecule has 2 rings (SSSR count). The van der Waals surface area contributed by atoms with Gasteiger partial charge in [0.2, 0.25) is 0 Å². The molecule has 0 aromatic heterocycles. The Morgan fingerprint density at radius 1 is 1.00 bits per heavy atom. The predicted octanol–water partition coefficient (Wildman–Crippen LogP) is 4.24. The summed E-state index contributed by atoms with van der Waals surface area (Å²) in [6.45, 7) is 1.48. The van der Waals surface area contributed by atoms with E-state index in [1.165, 1.54) is 14.0 Å². The van der Waals surface area contributed by atoms with Gasteiger partial charge < -0.3 is 9.64 Å². The first kappa shape index (κ1) is 16.4. The van der Waals surface area contributed by atoms with E-state index in [1.54, 1.807) is 0 Å². The zero-order valence-corrected chi connectivity index (χ0v) is 11.4. The third-order valence-corrected chi connectivity index (χ3v) is 3.50. The van der Waals surface area contributed by atoms with E-state index in [2.05, 4.69) is 0 Å². The van der Waals surface area contributed by atoms with Gasteiger partial charge in [0.1, 0.15) is 6.10 Å². The number of hydrogen-bond acceptors (Lipinski definition) is 2. The Balaban J connectivity index is 2.54. The molecular formula is C13H11F6NO2. The summed E-state index contributed by atoms with van der Waals surface area (Å²) in [5, 5.41) is 0. The van der Waals surface area contributed by atoms with Crippen LogP contribution in [-0.2, 0) is 17.1 Å². The zero-order chi connectivity index (χ0) is 16.9. The Kier molecular flexibility index (Phi) is 3.78. The Labute approximate surface area is 121 Å². The van der Waals surface area contributed by atoms with Crippen molar-refractivity contribution in [3.8, 4) is 0 Å². The maximum absolute atomic E-state index is 12.8. The first-order chi connectivity index (χ1) is 9.91. The number of hydrogen-bond donors (Lipinski definition) is 0. The maximum Gasteiger partial charge on any atom is 0.416 e. The van der Waals surface area contributed by atoms with Crippen molar-refractivity contribution in [3.63, 3.8) is 0 Å². The molecule has 0 spiro atoms. The molecule has 122 valence electrons. The maximum atomic E-state index is 12.8. The van der Waals surface area contributed by atoms with Gasteiger partial charge in [0.25, 0.3) is 0 Å². The first-order valence-corrected chi connectivity index (χ1v) is 6.14. The first-order valence-electron chi connectivity index (χ1n) is 6.14. The minimum atomic E-state index is -4.94. The number of halogens is 6. The summed E-state index contributed by atoms with van der Waals surface area (Å²) in [4.78, 5) is 12.5. The van der Waals surface area contributed by atoms with Gasteiger partial charge in [-0.15, -0.1) is 0 Å².